The van der Waals surface area contributed by atoms with Gasteiger partial charge < -0.3 is 15.2 Å². The van der Waals surface area contributed by atoms with Crippen LogP contribution < -0.4 is 5.73 Å². The monoisotopic (exact) mass is 330 g/mol. The summed E-state index contributed by atoms with van der Waals surface area (Å²) >= 11 is 0. The number of nitrogens with zero attached hydrogens (tertiary/aromatic N) is 3. The van der Waals surface area contributed by atoms with Crippen molar-refractivity contribution in [2.45, 2.75) is 25.3 Å². The van der Waals surface area contributed by atoms with Crippen molar-refractivity contribution in [3.63, 3.8) is 0 Å². The van der Waals surface area contributed by atoms with E-state index in [2.05, 4.69) is 4.98 Å². The van der Waals surface area contributed by atoms with Crippen molar-refractivity contribution in [1.82, 2.24) is 14.5 Å². The fourth-order valence-electron chi connectivity index (χ4n) is 3.16. The highest BCUT2D eigenvalue weighted by molar-refractivity contribution is 5.94. The minimum atomic E-state index is -0.433. The van der Waals surface area contributed by atoms with Crippen molar-refractivity contribution < 1.29 is 14.0 Å². The van der Waals surface area contributed by atoms with Gasteiger partial charge in [0, 0.05) is 37.0 Å². The smallest absolute Gasteiger partial charge is 0.253 e. The summed E-state index contributed by atoms with van der Waals surface area (Å²) in [5.74, 6) is -0.257. The Morgan fingerprint density at radius 2 is 2.21 bits per heavy atom. The number of carbonyl (C=O) groups excluding carboxylic acids is 2. The average molecular weight is 330 g/mol. The lowest BCUT2D eigenvalue weighted by molar-refractivity contribution is -0.118. The topological polar surface area (TPSA) is 81.2 Å². The molecule has 1 aromatic heterocycles. The van der Waals surface area contributed by atoms with E-state index in [9.17, 15) is 14.0 Å². The Labute approximate surface area is 139 Å². The molecule has 1 saturated heterocycles. The Balaban J connectivity index is 1.76. The van der Waals surface area contributed by atoms with Gasteiger partial charge in [0.1, 0.15) is 18.2 Å². The second kappa shape index (κ2) is 6.82. The number of benzene rings is 1. The number of piperidine rings is 1. The fourth-order valence-corrected chi connectivity index (χ4v) is 3.16. The van der Waals surface area contributed by atoms with E-state index in [1.165, 1.54) is 18.2 Å². The number of likely N-dealkylation sites (tertiary alicyclic amines) is 1. The molecule has 3 rings (SSSR count). The van der Waals surface area contributed by atoms with E-state index >= 15 is 0 Å². The normalized spacial score (nSPS) is 17.7. The third-order valence-electron chi connectivity index (χ3n) is 4.22. The number of imidazole rings is 1. The molecule has 1 aliphatic heterocycles. The Bertz CT molecular complexity index is 759. The van der Waals surface area contributed by atoms with E-state index in [-0.39, 0.29) is 18.4 Å². The Morgan fingerprint density at radius 3 is 2.96 bits per heavy atom. The minimum Gasteiger partial charge on any atom is -0.368 e. The van der Waals surface area contributed by atoms with Gasteiger partial charge in [-0.05, 0) is 31.0 Å². The fraction of sp³-hybridized carbons (Fsp3) is 0.353. The SMILES string of the molecule is NC(=O)Cn1ccnc1[C@@H]1CCCN(C(=O)c2cccc(F)c2)C1. The second-order valence-electron chi connectivity index (χ2n) is 5.98. The van der Waals surface area contributed by atoms with Crippen LogP contribution >= 0.6 is 0 Å². The number of aromatic nitrogens is 2. The molecule has 1 fully saturated rings. The Hall–Kier alpha value is -2.70. The molecule has 0 saturated carbocycles. The first-order chi connectivity index (χ1) is 11.5. The van der Waals surface area contributed by atoms with Crippen LogP contribution in [0, 0.1) is 5.82 Å². The minimum absolute atomic E-state index is 0.0330. The van der Waals surface area contributed by atoms with Crippen LogP contribution in [0.2, 0.25) is 0 Å². The number of hydrogen-bond acceptors (Lipinski definition) is 3. The Kier molecular flexibility index (Phi) is 4.59. The molecule has 0 bridgehead atoms. The molecule has 2 amide bonds. The summed E-state index contributed by atoms with van der Waals surface area (Å²) in [7, 11) is 0. The van der Waals surface area contributed by atoms with E-state index in [0.29, 0.717) is 18.7 Å². The molecule has 6 nitrogen and oxygen atoms in total. The van der Waals surface area contributed by atoms with E-state index in [1.807, 2.05) is 0 Å². The summed E-state index contributed by atoms with van der Waals surface area (Å²) in [6.07, 6.45) is 5.05. The number of nitrogens with two attached hydrogens (primary N) is 1. The zero-order valence-corrected chi connectivity index (χ0v) is 13.2. The molecular formula is C17H19FN4O2. The van der Waals surface area contributed by atoms with Gasteiger partial charge >= 0.3 is 0 Å². The van der Waals surface area contributed by atoms with Crippen LogP contribution in [0.5, 0.6) is 0 Å². The van der Waals surface area contributed by atoms with Crippen LogP contribution in [0.4, 0.5) is 4.39 Å². The maximum atomic E-state index is 13.3. The number of amides is 2. The number of halogens is 1. The van der Waals surface area contributed by atoms with E-state index in [0.717, 1.165) is 18.7 Å². The first kappa shape index (κ1) is 16.2. The Morgan fingerprint density at radius 1 is 1.38 bits per heavy atom. The first-order valence-electron chi connectivity index (χ1n) is 7.89. The maximum Gasteiger partial charge on any atom is 0.253 e. The molecule has 126 valence electrons. The molecule has 0 aliphatic carbocycles. The molecule has 2 aromatic rings. The number of hydrogen-bond donors (Lipinski definition) is 1. The van der Waals surface area contributed by atoms with Gasteiger partial charge in [-0.2, -0.15) is 0 Å². The number of rotatable bonds is 4. The van der Waals surface area contributed by atoms with Gasteiger partial charge in [-0.25, -0.2) is 9.37 Å². The molecule has 0 spiro atoms. The number of carbonyl (C=O) groups is 2. The largest absolute Gasteiger partial charge is 0.368 e. The molecule has 1 aliphatic rings. The van der Waals surface area contributed by atoms with Crippen LogP contribution in [-0.2, 0) is 11.3 Å². The lowest BCUT2D eigenvalue weighted by Crippen LogP contribution is -2.40. The summed E-state index contributed by atoms with van der Waals surface area (Å²) in [4.78, 5) is 29.8. The van der Waals surface area contributed by atoms with Gasteiger partial charge in [0.25, 0.3) is 5.91 Å². The van der Waals surface area contributed by atoms with Gasteiger partial charge in [-0.1, -0.05) is 6.07 Å². The van der Waals surface area contributed by atoms with Gasteiger partial charge in [-0.3, -0.25) is 9.59 Å². The van der Waals surface area contributed by atoms with Crippen molar-refractivity contribution in [2.24, 2.45) is 5.73 Å². The summed E-state index contributed by atoms with van der Waals surface area (Å²) in [6, 6.07) is 5.71. The molecule has 1 aromatic carbocycles. The zero-order valence-electron chi connectivity index (χ0n) is 13.2. The molecule has 7 heteroatoms. The third-order valence-corrected chi connectivity index (χ3v) is 4.22. The highest BCUT2D eigenvalue weighted by Crippen LogP contribution is 2.27. The van der Waals surface area contributed by atoms with Crippen LogP contribution in [0.1, 0.15) is 34.9 Å². The molecule has 24 heavy (non-hydrogen) atoms. The van der Waals surface area contributed by atoms with Gasteiger partial charge in [0.05, 0.1) is 0 Å². The maximum absolute atomic E-state index is 13.3. The standard InChI is InChI=1S/C17H19FN4O2/c18-14-5-1-3-12(9-14)17(24)22-7-2-4-13(10-22)16-20-6-8-21(16)11-15(19)23/h1,3,5-6,8-9,13H,2,4,7,10-11H2,(H2,19,23)/t13-/m1/s1. The van der Waals surface area contributed by atoms with E-state index < -0.39 is 11.7 Å². The van der Waals surface area contributed by atoms with E-state index in [1.54, 1.807) is 27.9 Å². The molecular weight excluding hydrogens is 311 g/mol. The zero-order chi connectivity index (χ0) is 17.1. The van der Waals surface area contributed by atoms with Gasteiger partial charge in [0.15, 0.2) is 0 Å². The first-order valence-corrected chi connectivity index (χ1v) is 7.89. The van der Waals surface area contributed by atoms with Crippen molar-refractivity contribution in [3.8, 4) is 0 Å². The highest BCUT2D eigenvalue weighted by atomic mass is 19.1. The van der Waals surface area contributed by atoms with Crippen LogP contribution in [0.25, 0.3) is 0 Å². The summed E-state index contributed by atoms with van der Waals surface area (Å²) < 4.78 is 15.1. The molecule has 2 N–H and O–H groups in total. The van der Waals surface area contributed by atoms with Crippen molar-refractivity contribution >= 4 is 11.8 Å². The lowest BCUT2D eigenvalue weighted by atomic mass is 9.96. The predicted molar refractivity (Wildman–Crippen MR) is 85.7 cm³/mol. The van der Waals surface area contributed by atoms with Crippen LogP contribution in [0.3, 0.4) is 0 Å². The molecule has 0 radical (unpaired) electrons. The van der Waals surface area contributed by atoms with Crippen molar-refractivity contribution in [3.05, 3.63) is 53.9 Å². The van der Waals surface area contributed by atoms with Gasteiger partial charge in [-0.15, -0.1) is 0 Å². The molecule has 1 atom stereocenters. The quantitative estimate of drug-likeness (QED) is 0.923. The van der Waals surface area contributed by atoms with Crippen LogP contribution in [-0.4, -0.2) is 39.4 Å². The predicted octanol–water partition coefficient (Wildman–Crippen LogP) is 1.53. The summed E-state index contributed by atoms with van der Waals surface area (Å²) in [5, 5.41) is 0. The summed E-state index contributed by atoms with van der Waals surface area (Å²) in [6.45, 7) is 1.19. The molecule has 0 unspecified atom stereocenters. The second-order valence-corrected chi connectivity index (χ2v) is 5.98. The average Bonchev–Trinajstić information content (AvgIpc) is 3.01. The van der Waals surface area contributed by atoms with E-state index in [4.69, 9.17) is 5.73 Å². The summed E-state index contributed by atoms with van der Waals surface area (Å²) in [5.41, 5.74) is 5.60. The lowest BCUT2D eigenvalue weighted by Gasteiger charge is -2.32. The van der Waals surface area contributed by atoms with Crippen molar-refractivity contribution in [1.29, 1.82) is 0 Å². The number of primary amides is 1. The third kappa shape index (κ3) is 3.45. The highest BCUT2D eigenvalue weighted by Gasteiger charge is 2.28. The van der Waals surface area contributed by atoms with Crippen LogP contribution in [0.15, 0.2) is 36.7 Å². The van der Waals surface area contributed by atoms with Crippen molar-refractivity contribution in [2.75, 3.05) is 13.1 Å². The van der Waals surface area contributed by atoms with Gasteiger partial charge in [0.2, 0.25) is 5.91 Å². The molecule has 2 heterocycles.